The van der Waals surface area contributed by atoms with Crippen LogP contribution in [0.2, 0.25) is 0 Å². The minimum atomic E-state index is -0.189. The highest BCUT2D eigenvalue weighted by Crippen LogP contribution is 2.31. The van der Waals surface area contributed by atoms with E-state index in [0.29, 0.717) is 11.0 Å². The predicted octanol–water partition coefficient (Wildman–Crippen LogP) is 4.47. The molecule has 1 heterocycles. The first kappa shape index (κ1) is 19.9. The lowest BCUT2D eigenvalue weighted by Crippen LogP contribution is -2.35. The van der Waals surface area contributed by atoms with Gasteiger partial charge in [-0.05, 0) is 37.8 Å². The monoisotopic (exact) mass is 406 g/mol. The van der Waals surface area contributed by atoms with E-state index < -0.39 is 0 Å². The molecule has 146 valence electrons. The SMILES string of the molecule is COc1cccc(Nc2nnc(SC(C)C(=O)NCC3CCCCC3)s2)c1. The zero-order valence-electron chi connectivity index (χ0n) is 15.7. The van der Waals surface area contributed by atoms with Crippen molar-refractivity contribution in [2.45, 2.75) is 48.6 Å². The Morgan fingerprint density at radius 3 is 2.93 bits per heavy atom. The van der Waals surface area contributed by atoms with Crippen molar-refractivity contribution >= 4 is 39.8 Å². The van der Waals surface area contributed by atoms with Gasteiger partial charge in [-0.1, -0.05) is 48.4 Å². The van der Waals surface area contributed by atoms with Crippen LogP contribution in [0.15, 0.2) is 28.6 Å². The zero-order chi connectivity index (χ0) is 19.1. The van der Waals surface area contributed by atoms with Crippen LogP contribution in [0.25, 0.3) is 0 Å². The molecule has 1 aliphatic carbocycles. The Bertz CT molecular complexity index is 747. The summed E-state index contributed by atoms with van der Waals surface area (Å²) in [5.41, 5.74) is 0.889. The number of methoxy groups -OCH3 is 1. The molecule has 0 radical (unpaired) electrons. The van der Waals surface area contributed by atoms with Crippen molar-refractivity contribution in [1.82, 2.24) is 15.5 Å². The summed E-state index contributed by atoms with van der Waals surface area (Å²) < 4.78 is 6.00. The molecule has 0 aliphatic heterocycles. The summed E-state index contributed by atoms with van der Waals surface area (Å²) >= 11 is 2.89. The molecule has 2 N–H and O–H groups in total. The average molecular weight is 407 g/mol. The van der Waals surface area contributed by atoms with E-state index in [-0.39, 0.29) is 11.2 Å². The summed E-state index contributed by atoms with van der Waals surface area (Å²) in [7, 11) is 1.64. The van der Waals surface area contributed by atoms with Crippen molar-refractivity contribution < 1.29 is 9.53 Å². The molecule has 1 fully saturated rings. The van der Waals surface area contributed by atoms with Gasteiger partial charge in [0.05, 0.1) is 12.4 Å². The van der Waals surface area contributed by atoms with Crippen molar-refractivity contribution in [3.63, 3.8) is 0 Å². The smallest absolute Gasteiger partial charge is 0.233 e. The second kappa shape index (κ2) is 9.94. The number of benzene rings is 1. The first-order valence-electron chi connectivity index (χ1n) is 9.33. The number of hydrogen-bond acceptors (Lipinski definition) is 7. The van der Waals surface area contributed by atoms with Crippen LogP contribution in [0.5, 0.6) is 5.75 Å². The standard InChI is InChI=1S/C19H26N4O2S2/c1-13(17(24)20-12-14-7-4-3-5-8-14)26-19-23-22-18(27-19)21-15-9-6-10-16(11-15)25-2/h6,9-11,13-14H,3-5,7-8,12H2,1-2H3,(H,20,24)(H,21,22). The first-order valence-corrected chi connectivity index (χ1v) is 11.0. The van der Waals surface area contributed by atoms with Crippen molar-refractivity contribution in [2.75, 3.05) is 19.0 Å². The Morgan fingerprint density at radius 1 is 1.33 bits per heavy atom. The van der Waals surface area contributed by atoms with E-state index in [1.165, 1.54) is 55.2 Å². The molecule has 0 saturated heterocycles. The molecule has 1 aromatic heterocycles. The number of amides is 1. The lowest BCUT2D eigenvalue weighted by molar-refractivity contribution is -0.120. The molecule has 6 nitrogen and oxygen atoms in total. The summed E-state index contributed by atoms with van der Waals surface area (Å²) in [6.07, 6.45) is 6.38. The van der Waals surface area contributed by atoms with E-state index in [1.54, 1.807) is 7.11 Å². The highest BCUT2D eigenvalue weighted by atomic mass is 32.2. The lowest BCUT2D eigenvalue weighted by atomic mass is 9.89. The van der Waals surface area contributed by atoms with E-state index in [2.05, 4.69) is 20.8 Å². The number of hydrogen-bond donors (Lipinski definition) is 2. The van der Waals surface area contributed by atoms with Gasteiger partial charge in [0.15, 0.2) is 4.34 Å². The minimum Gasteiger partial charge on any atom is -0.497 e. The van der Waals surface area contributed by atoms with E-state index in [9.17, 15) is 4.79 Å². The van der Waals surface area contributed by atoms with Crippen LogP contribution in [0.3, 0.4) is 0 Å². The fourth-order valence-corrected chi connectivity index (χ4v) is 5.06. The van der Waals surface area contributed by atoms with Crippen LogP contribution >= 0.6 is 23.1 Å². The van der Waals surface area contributed by atoms with Crippen molar-refractivity contribution in [1.29, 1.82) is 0 Å². The highest BCUT2D eigenvalue weighted by Gasteiger charge is 2.19. The maximum absolute atomic E-state index is 12.4. The Hall–Kier alpha value is -1.80. The van der Waals surface area contributed by atoms with E-state index >= 15 is 0 Å². The fraction of sp³-hybridized carbons (Fsp3) is 0.526. The summed E-state index contributed by atoms with van der Waals surface area (Å²) in [6.45, 7) is 2.71. The maximum Gasteiger partial charge on any atom is 0.233 e. The molecule has 8 heteroatoms. The summed E-state index contributed by atoms with van der Waals surface area (Å²) in [5.74, 6) is 1.49. The first-order chi connectivity index (χ1) is 13.1. The largest absolute Gasteiger partial charge is 0.497 e. The van der Waals surface area contributed by atoms with Gasteiger partial charge in [0.1, 0.15) is 5.75 Å². The molecule has 1 aromatic carbocycles. The van der Waals surface area contributed by atoms with Crippen LogP contribution in [0, 0.1) is 5.92 Å². The van der Waals surface area contributed by atoms with E-state index in [4.69, 9.17) is 4.74 Å². The zero-order valence-corrected chi connectivity index (χ0v) is 17.4. The van der Waals surface area contributed by atoms with Gasteiger partial charge in [0.25, 0.3) is 0 Å². The fourth-order valence-electron chi connectivity index (χ4n) is 3.12. The number of aromatic nitrogens is 2. The van der Waals surface area contributed by atoms with Crippen molar-refractivity contribution in [2.24, 2.45) is 5.92 Å². The van der Waals surface area contributed by atoms with E-state index in [1.807, 2.05) is 31.2 Å². The normalized spacial score (nSPS) is 15.9. The summed E-state index contributed by atoms with van der Waals surface area (Å²) in [6, 6.07) is 7.64. The maximum atomic E-state index is 12.4. The molecule has 3 rings (SSSR count). The van der Waals surface area contributed by atoms with Gasteiger partial charge >= 0.3 is 0 Å². The Kier molecular flexibility index (Phi) is 7.34. The molecule has 1 saturated carbocycles. The van der Waals surface area contributed by atoms with E-state index in [0.717, 1.165) is 22.3 Å². The molecule has 1 unspecified atom stereocenters. The van der Waals surface area contributed by atoms with Crippen LogP contribution < -0.4 is 15.4 Å². The number of carbonyl (C=O) groups is 1. The van der Waals surface area contributed by atoms with Crippen molar-refractivity contribution in [3.8, 4) is 5.75 Å². The third-order valence-corrected chi connectivity index (χ3v) is 6.69. The van der Waals surface area contributed by atoms with Crippen LogP contribution in [-0.2, 0) is 4.79 Å². The van der Waals surface area contributed by atoms with Gasteiger partial charge in [-0.15, -0.1) is 10.2 Å². The number of ether oxygens (including phenoxy) is 1. The molecular formula is C19H26N4O2S2. The Balaban J connectivity index is 1.48. The third kappa shape index (κ3) is 6.10. The Morgan fingerprint density at radius 2 is 2.15 bits per heavy atom. The van der Waals surface area contributed by atoms with Gasteiger partial charge in [-0.3, -0.25) is 4.79 Å². The highest BCUT2D eigenvalue weighted by molar-refractivity contribution is 8.02. The van der Waals surface area contributed by atoms with Gasteiger partial charge in [-0.2, -0.15) is 0 Å². The topological polar surface area (TPSA) is 76.1 Å². The molecule has 2 aromatic rings. The van der Waals surface area contributed by atoms with Crippen LogP contribution in [0.4, 0.5) is 10.8 Å². The second-order valence-corrected chi connectivity index (χ2v) is 9.30. The molecule has 1 amide bonds. The molecule has 0 bridgehead atoms. The number of anilines is 2. The van der Waals surface area contributed by atoms with Crippen molar-refractivity contribution in [3.05, 3.63) is 24.3 Å². The molecule has 0 spiro atoms. The van der Waals surface area contributed by atoms with Gasteiger partial charge in [0, 0.05) is 18.3 Å². The number of nitrogens with zero attached hydrogens (tertiary/aromatic N) is 2. The molecule has 1 atom stereocenters. The van der Waals surface area contributed by atoms with Gasteiger partial charge in [0.2, 0.25) is 11.0 Å². The van der Waals surface area contributed by atoms with Gasteiger partial charge < -0.3 is 15.4 Å². The number of carbonyl (C=O) groups excluding carboxylic acids is 1. The summed E-state index contributed by atoms with van der Waals surface area (Å²) in [4.78, 5) is 12.4. The molecule has 27 heavy (non-hydrogen) atoms. The average Bonchev–Trinajstić information content (AvgIpc) is 3.13. The molecular weight excluding hydrogens is 380 g/mol. The number of nitrogens with one attached hydrogen (secondary N) is 2. The predicted molar refractivity (Wildman–Crippen MR) is 111 cm³/mol. The van der Waals surface area contributed by atoms with Gasteiger partial charge in [-0.25, -0.2) is 0 Å². The number of thioether (sulfide) groups is 1. The van der Waals surface area contributed by atoms with Crippen LogP contribution in [0.1, 0.15) is 39.0 Å². The third-order valence-electron chi connectivity index (χ3n) is 4.66. The summed E-state index contributed by atoms with van der Waals surface area (Å²) in [5, 5.41) is 15.2. The second-order valence-electron chi connectivity index (χ2n) is 6.74. The Labute approximate surface area is 168 Å². The number of rotatable bonds is 8. The van der Waals surface area contributed by atoms with Crippen LogP contribution in [-0.4, -0.2) is 35.0 Å². The lowest BCUT2D eigenvalue weighted by Gasteiger charge is -2.22. The quantitative estimate of drug-likeness (QED) is 0.630. The molecule has 1 aliphatic rings. The minimum absolute atomic E-state index is 0.0723.